The van der Waals surface area contributed by atoms with Crippen molar-refractivity contribution in [2.75, 3.05) is 39.6 Å². The Labute approximate surface area is 258 Å². The second-order valence-electron chi connectivity index (χ2n) is 15.1. The highest BCUT2D eigenvalue weighted by atomic mass is 16.5. The molecule has 8 nitrogen and oxygen atoms in total. The first-order chi connectivity index (χ1) is 20.6. The topological polar surface area (TPSA) is 92.7 Å². The predicted octanol–water partition coefficient (Wildman–Crippen LogP) is 6.73. The summed E-state index contributed by atoms with van der Waals surface area (Å²) in [6.45, 7) is 12.6. The van der Waals surface area contributed by atoms with E-state index in [1.54, 1.807) is 6.92 Å². The van der Waals surface area contributed by atoms with E-state index in [9.17, 15) is 9.90 Å². The van der Waals surface area contributed by atoms with Gasteiger partial charge in [-0.1, -0.05) is 20.8 Å². The van der Waals surface area contributed by atoms with Crippen molar-refractivity contribution in [3.05, 3.63) is 11.3 Å². The van der Waals surface area contributed by atoms with Gasteiger partial charge in [0.2, 0.25) is 0 Å². The summed E-state index contributed by atoms with van der Waals surface area (Å²) >= 11 is 0. The van der Waals surface area contributed by atoms with Gasteiger partial charge in [-0.3, -0.25) is 0 Å². The molecular formula is C35H56O8. The molecule has 244 valence electrons. The lowest BCUT2D eigenvalue weighted by molar-refractivity contribution is -0.269. The molecule has 0 aromatic heterocycles. The number of hydrogen-bond acceptors (Lipinski definition) is 7. The minimum atomic E-state index is -0.903. The molecule has 5 unspecified atom stereocenters. The second-order valence-corrected chi connectivity index (χ2v) is 15.1. The zero-order chi connectivity index (χ0) is 30.4. The highest BCUT2D eigenvalue weighted by Gasteiger charge is 2.67. The van der Waals surface area contributed by atoms with E-state index in [-0.39, 0.29) is 28.0 Å². The van der Waals surface area contributed by atoms with Crippen LogP contribution in [0.1, 0.15) is 124 Å². The van der Waals surface area contributed by atoms with Crippen LogP contribution in [0.5, 0.6) is 0 Å². The van der Waals surface area contributed by atoms with E-state index < -0.39 is 11.4 Å². The molecule has 7 rings (SSSR count). The van der Waals surface area contributed by atoms with Crippen molar-refractivity contribution in [3.8, 4) is 0 Å². The van der Waals surface area contributed by atoms with Gasteiger partial charge in [-0.05, 0) is 96.3 Å². The fourth-order valence-electron chi connectivity index (χ4n) is 9.97. The summed E-state index contributed by atoms with van der Waals surface area (Å²) in [6, 6.07) is 0. The van der Waals surface area contributed by atoms with Crippen LogP contribution in [-0.2, 0) is 33.2 Å². The molecule has 3 heterocycles. The summed E-state index contributed by atoms with van der Waals surface area (Å²) in [5.41, 5.74) is -0.988. The third kappa shape index (κ3) is 5.93. The second kappa shape index (κ2) is 11.9. The van der Waals surface area contributed by atoms with Crippen LogP contribution in [-0.4, -0.2) is 78.7 Å². The molecule has 0 aromatic rings. The van der Waals surface area contributed by atoms with Gasteiger partial charge >= 0.3 is 5.97 Å². The standard InChI is InChI=1S/C35H56O8/c1-5-31(9-15-39-31)8-14-38-28(26(4)29(36)37)30-20-27-21-34(23-30,42-18-12-32(6-2)10-16-40-32)25-35(22-27,24-30)43-19-13-33(7-3)11-17-41-33/h27H,5-25H2,1-4H3,(H,36,37). The van der Waals surface area contributed by atoms with Crippen molar-refractivity contribution in [3.63, 3.8) is 0 Å². The van der Waals surface area contributed by atoms with Crippen LogP contribution in [0.3, 0.4) is 0 Å². The van der Waals surface area contributed by atoms with Crippen LogP contribution in [0, 0.1) is 11.3 Å². The Kier molecular flexibility index (Phi) is 8.77. The van der Waals surface area contributed by atoms with E-state index in [1.807, 2.05) is 0 Å². The molecule has 8 heteroatoms. The number of allylic oxidation sites excluding steroid dienone is 1. The lowest BCUT2D eigenvalue weighted by atomic mass is 9.45. The lowest BCUT2D eigenvalue weighted by Gasteiger charge is -2.66. The monoisotopic (exact) mass is 604 g/mol. The Bertz CT molecular complexity index is 994. The van der Waals surface area contributed by atoms with E-state index >= 15 is 0 Å². The number of carbonyl (C=O) groups is 1. The molecule has 0 amide bonds. The number of carboxylic acid groups (broad SMARTS) is 1. The molecule has 43 heavy (non-hydrogen) atoms. The summed E-state index contributed by atoms with van der Waals surface area (Å²) in [5, 5.41) is 10.3. The number of carboxylic acids is 1. The van der Waals surface area contributed by atoms with Crippen molar-refractivity contribution in [1.29, 1.82) is 0 Å². The Balaban J connectivity index is 1.25. The maximum Gasteiger partial charge on any atom is 0.334 e. The van der Waals surface area contributed by atoms with Crippen molar-refractivity contribution in [1.82, 2.24) is 0 Å². The Morgan fingerprint density at radius 1 is 0.721 bits per heavy atom. The van der Waals surface area contributed by atoms with Gasteiger partial charge in [-0.15, -0.1) is 0 Å². The fourth-order valence-corrected chi connectivity index (χ4v) is 9.97. The first-order valence-corrected chi connectivity index (χ1v) is 17.3. The molecule has 1 N–H and O–H groups in total. The molecular weight excluding hydrogens is 548 g/mol. The van der Waals surface area contributed by atoms with Gasteiger partial charge in [0.15, 0.2) is 0 Å². The molecule has 5 atom stereocenters. The number of rotatable bonds is 17. The van der Waals surface area contributed by atoms with E-state index in [2.05, 4.69) is 20.8 Å². The summed E-state index contributed by atoms with van der Waals surface area (Å²) in [7, 11) is 0. The SMILES string of the molecule is CCC1(CCOC(=C(C)C(=O)O)C23CC4CC(OCCC5(CC)CCO5)(CC(OCCC5(CC)CCO5)(C4)C2)C3)CCO1. The summed E-state index contributed by atoms with van der Waals surface area (Å²) in [4.78, 5) is 12.5. The Morgan fingerprint density at radius 3 is 1.53 bits per heavy atom. The van der Waals surface area contributed by atoms with Gasteiger partial charge in [0, 0.05) is 18.3 Å². The average Bonchev–Trinajstić information content (AvgIpc) is 2.89. The van der Waals surface area contributed by atoms with Crippen LogP contribution in [0.15, 0.2) is 11.3 Å². The lowest BCUT2D eigenvalue weighted by Crippen LogP contribution is -2.65. The fraction of sp³-hybridized carbons (Fsp3) is 0.914. The molecule has 3 aliphatic heterocycles. The highest BCUT2D eigenvalue weighted by molar-refractivity contribution is 5.86. The van der Waals surface area contributed by atoms with Crippen LogP contribution >= 0.6 is 0 Å². The van der Waals surface area contributed by atoms with E-state index in [4.69, 9.17) is 28.4 Å². The van der Waals surface area contributed by atoms with Crippen molar-refractivity contribution in [2.24, 2.45) is 11.3 Å². The third-order valence-corrected chi connectivity index (χ3v) is 12.7. The molecule has 0 radical (unpaired) electrons. The first-order valence-electron chi connectivity index (χ1n) is 17.3. The van der Waals surface area contributed by atoms with Crippen molar-refractivity contribution < 1.29 is 38.3 Å². The predicted molar refractivity (Wildman–Crippen MR) is 162 cm³/mol. The molecule has 0 aromatic carbocycles. The van der Waals surface area contributed by atoms with E-state index in [0.29, 0.717) is 37.1 Å². The molecule has 7 aliphatic rings. The summed E-state index contributed by atoms with van der Waals surface area (Å²) in [6.07, 6.45) is 14.2. The average molecular weight is 605 g/mol. The maximum absolute atomic E-state index is 12.5. The Morgan fingerprint density at radius 2 is 1.16 bits per heavy atom. The van der Waals surface area contributed by atoms with Crippen LogP contribution in [0.4, 0.5) is 0 Å². The van der Waals surface area contributed by atoms with Crippen LogP contribution in [0.2, 0.25) is 0 Å². The smallest absolute Gasteiger partial charge is 0.334 e. The zero-order valence-corrected chi connectivity index (χ0v) is 27.2. The summed E-state index contributed by atoms with van der Waals surface area (Å²) in [5.74, 6) is 0.170. The minimum absolute atomic E-state index is 0.0433. The van der Waals surface area contributed by atoms with Gasteiger partial charge < -0.3 is 33.5 Å². The molecule has 4 bridgehead atoms. The minimum Gasteiger partial charge on any atom is -0.497 e. The largest absolute Gasteiger partial charge is 0.497 e. The van der Waals surface area contributed by atoms with Crippen LogP contribution in [0.25, 0.3) is 0 Å². The molecule has 4 aliphatic carbocycles. The normalized spacial score (nSPS) is 43.4. The quantitative estimate of drug-likeness (QED) is 0.144. The van der Waals surface area contributed by atoms with Crippen LogP contribution < -0.4 is 0 Å². The molecule has 4 saturated carbocycles. The van der Waals surface area contributed by atoms with E-state index in [1.165, 1.54) is 0 Å². The Hall–Kier alpha value is -1.19. The third-order valence-electron chi connectivity index (χ3n) is 12.7. The highest BCUT2D eigenvalue weighted by Crippen LogP contribution is 2.68. The van der Waals surface area contributed by atoms with Crippen molar-refractivity contribution in [2.45, 2.75) is 152 Å². The molecule has 7 fully saturated rings. The zero-order valence-electron chi connectivity index (χ0n) is 27.2. The molecule has 0 spiro atoms. The van der Waals surface area contributed by atoms with E-state index in [0.717, 1.165) is 116 Å². The molecule has 3 saturated heterocycles. The van der Waals surface area contributed by atoms with Gasteiger partial charge in [0.25, 0.3) is 0 Å². The van der Waals surface area contributed by atoms with Gasteiger partial charge in [0.1, 0.15) is 5.76 Å². The summed E-state index contributed by atoms with van der Waals surface area (Å²) < 4.78 is 38.6. The van der Waals surface area contributed by atoms with Crippen molar-refractivity contribution >= 4 is 5.97 Å². The van der Waals surface area contributed by atoms with Gasteiger partial charge in [-0.2, -0.15) is 0 Å². The van der Waals surface area contributed by atoms with Gasteiger partial charge in [-0.25, -0.2) is 4.79 Å². The first kappa shape index (κ1) is 31.8. The number of ether oxygens (including phenoxy) is 6. The number of aliphatic carboxylic acids is 1. The maximum atomic E-state index is 12.5. The van der Waals surface area contributed by atoms with Gasteiger partial charge in [0.05, 0.1) is 73.2 Å². The number of hydrogen-bond donors (Lipinski definition) is 1.